The van der Waals surface area contributed by atoms with Gasteiger partial charge in [0.05, 0.1) is 17.4 Å². The smallest absolute Gasteiger partial charge is 0.238 e. The molecule has 9 heteroatoms. The first-order valence-corrected chi connectivity index (χ1v) is 10.3. The van der Waals surface area contributed by atoms with Crippen molar-refractivity contribution in [2.75, 3.05) is 24.6 Å². The number of primary sulfonamides is 1. The molecule has 28 heavy (non-hydrogen) atoms. The number of nitrogens with two attached hydrogens (primary N) is 1. The Morgan fingerprint density at radius 1 is 1.18 bits per heavy atom. The highest BCUT2D eigenvalue weighted by Crippen LogP contribution is 2.26. The molecular weight excluding hydrogens is 382 g/mol. The molecular formula is C19H21N3O5S. The quantitative estimate of drug-likeness (QED) is 0.665. The minimum Gasteiger partial charge on any atom is -0.492 e. The summed E-state index contributed by atoms with van der Waals surface area (Å²) in [4.78, 5) is 26.0. The molecule has 2 aromatic rings. The lowest BCUT2D eigenvalue weighted by Gasteiger charge is -2.17. The summed E-state index contributed by atoms with van der Waals surface area (Å²) in [5.41, 5.74) is 0.402. The van der Waals surface area contributed by atoms with E-state index < -0.39 is 15.9 Å². The first-order chi connectivity index (χ1) is 13.3. The number of para-hydroxylation sites is 1. The molecule has 1 fully saturated rings. The van der Waals surface area contributed by atoms with Gasteiger partial charge in [-0.05, 0) is 30.3 Å². The first kappa shape index (κ1) is 19.8. The average molecular weight is 403 g/mol. The molecule has 1 heterocycles. The molecule has 2 amide bonds. The number of rotatable bonds is 7. The predicted octanol–water partition coefficient (Wildman–Crippen LogP) is 0.882. The van der Waals surface area contributed by atoms with Crippen LogP contribution in [0.5, 0.6) is 5.75 Å². The van der Waals surface area contributed by atoms with Gasteiger partial charge in [-0.3, -0.25) is 9.59 Å². The normalized spacial score (nSPS) is 16.8. The minimum atomic E-state index is -3.87. The topological polar surface area (TPSA) is 119 Å². The number of amides is 2. The molecule has 3 rings (SSSR count). The Labute approximate surface area is 163 Å². The molecule has 2 aromatic carbocycles. The lowest BCUT2D eigenvalue weighted by atomic mass is 10.1. The summed E-state index contributed by atoms with van der Waals surface area (Å²) >= 11 is 0. The van der Waals surface area contributed by atoms with Gasteiger partial charge >= 0.3 is 0 Å². The van der Waals surface area contributed by atoms with Crippen molar-refractivity contribution in [3.63, 3.8) is 0 Å². The second-order valence-corrected chi connectivity index (χ2v) is 7.96. The summed E-state index contributed by atoms with van der Waals surface area (Å²) in [6.07, 6.45) is 0.0605. The molecule has 8 nitrogen and oxygen atoms in total. The fraction of sp³-hybridized carbons (Fsp3) is 0.263. The van der Waals surface area contributed by atoms with Gasteiger partial charge in [0.15, 0.2) is 0 Å². The van der Waals surface area contributed by atoms with Crippen molar-refractivity contribution in [2.24, 2.45) is 11.1 Å². The maximum absolute atomic E-state index is 12.3. The summed E-state index contributed by atoms with van der Waals surface area (Å²) in [5, 5.41) is 7.90. The number of ether oxygens (including phenoxy) is 1. The third-order valence-electron chi connectivity index (χ3n) is 4.37. The second-order valence-electron chi connectivity index (χ2n) is 6.40. The highest BCUT2D eigenvalue weighted by Gasteiger charge is 2.35. The SMILES string of the molecule is NS(=O)(=O)c1cccc(N2CC(C(=O)NCCOc3ccccc3)CC2=O)c1. The van der Waals surface area contributed by atoms with Gasteiger partial charge in [-0.15, -0.1) is 0 Å². The van der Waals surface area contributed by atoms with Gasteiger partial charge in [0.25, 0.3) is 0 Å². The molecule has 148 valence electrons. The number of hydrogen-bond donors (Lipinski definition) is 2. The zero-order chi connectivity index (χ0) is 20.1. The van der Waals surface area contributed by atoms with Gasteiger partial charge in [0.1, 0.15) is 12.4 Å². The van der Waals surface area contributed by atoms with Crippen molar-refractivity contribution >= 4 is 27.5 Å². The van der Waals surface area contributed by atoms with E-state index in [4.69, 9.17) is 9.88 Å². The van der Waals surface area contributed by atoms with E-state index >= 15 is 0 Å². The first-order valence-electron chi connectivity index (χ1n) is 8.73. The van der Waals surface area contributed by atoms with Gasteiger partial charge in [-0.1, -0.05) is 24.3 Å². The van der Waals surface area contributed by atoms with Crippen LogP contribution in [0.15, 0.2) is 59.5 Å². The summed E-state index contributed by atoms with van der Waals surface area (Å²) in [5.74, 6) is -0.279. The van der Waals surface area contributed by atoms with Crippen molar-refractivity contribution in [2.45, 2.75) is 11.3 Å². The summed E-state index contributed by atoms with van der Waals surface area (Å²) < 4.78 is 28.5. The van der Waals surface area contributed by atoms with E-state index in [0.29, 0.717) is 24.6 Å². The lowest BCUT2D eigenvalue weighted by Crippen LogP contribution is -2.35. The Bertz CT molecular complexity index is 963. The monoisotopic (exact) mass is 403 g/mol. The number of nitrogens with one attached hydrogen (secondary N) is 1. The highest BCUT2D eigenvalue weighted by molar-refractivity contribution is 7.89. The minimum absolute atomic E-state index is 0.0605. The maximum Gasteiger partial charge on any atom is 0.238 e. The van der Waals surface area contributed by atoms with E-state index in [-0.39, 0.29) is 29.7 Å². The van der Waals surface area contributed by atoms with E-state index in [1.807, 2.05) is 30.3 Å². The molecule has 1 atom stereocenters. The number of benzene rings is 2. The van der Waals surface area contributed by atoms with Crippen LogP contribution in [0.1, 0.15) is 6.42 Å². The molecule has 0 spiro atoms. The predicted molar refractivity (Wildman–Crippen MR) is 103 cm³/mol. The average Bonchev–Trinajstić information content (AvgIpc) is 3.07. The largest absolute Gasteiger partial charge is 0.492 e. The molecule has 0 aromatic heterocycles. The van der Waals surface area contributed by atoms with E-state index in [2.05, 4.69) is 5.32 Å². The Morgan fingerprint density at radius 3 is 2.64 bits per heavy atom. The number of sulfonamides is 1. The summed E-state index contributed by atoms with van der Waals surface area (Å²) in [6, 6.07) is 15.1. The number of hydrogen-bond acceptors (Lipinski definition) is 5. The van der Waals surface area contributed by atoms with E-state index in [9.17, 15) is 18.0 Å². The lowest BCUT2D eigenvalue weighted by molar-refractivity contribution is -0.126. The zero-order valence-electron chi connectivity index (χ0n) is 15.1. The molecule has 0 saturated carbocycles. The van der Waals surface area contributed by atoms with Crippen molar-refractivity contribution in [1.29, 1.82) is 0 Å². The van der Waals surface area contributed by atoms with Crippen molar-refractivity contribution in [3.05, 3.63) is 54.6 Å². The van der Waals surface area contributed by atoms with Crippen molar-refractivity contribution in [3.8, 4) is 5.75 Å². The van der Waals surface area contributed by atoms with Crippen LogP contribution < -0.4 is 20.1 Å². The third kappa shape index (κ3) is 4.87. The van der Waals surface area contributed by atoms with Gasteiger partial charge in [-0.25, -0.2) is 13.6 Å². The van der Waals surface area contributed by atoms with Gasteiger partial charge in [0.2, 0.25) is 21.8 Å². The Morgan fingerprint density at radius 2 is 1.93 bits per heavy atom. The maximum atomic E-state index is 12.3. The van der Waals surface area contributed by atoms with Crippen molar-refractivity contribution in [1.82, 2.24) is 5.32 Å². The molecule has 0 aliphatic carbocycles. The zero-order valence-corrected chi connectivity index (χ0v) is 15.9. The molecule has 0 radical (unpaired) electrons. The van der Waals surface area contributed by atoms with Crippen LogP contribution in [0.2, 0.25) is 0 Å². The second kappa shape index (κ2) is 8.41. The number of carbonyl (C=O) groups excluding carboxylic acids is 2. The van der Waals surface area contributed by atoms with Crippen LogP contribution in [0.3, 0.4) is 0 Å². The van der Waals surface area contributed by atoms with Gasteiger partial charge in [-0.2, -0.15) is 0 Å². The van der Waals surface area contributed by atoms with E-state index in [1.54, 1.807) is 6.07 Å². The van der Waals surface area contributed by atoms with E-state index in [1.165, 1.54) is 23.1 Å². The number of nitrogens with zero attached hydrogens (tertiary/aromatic N) is 1. The van der Waals surface area contributed by atoms with Crippen LogP contribution in [0.25, 0.3) is 0 Å². The van der Waals surface area contributed by atoms with Crippen LogP contribution in [-0.4, -0.2) is 39.9 Å². The van der Waals surface area contributed by atoms with Crippen LogP contribution in [-0.2, 0) is 19.6 Å². The highest BCUT2D eigenvalue weighted by atomic mass is 32.2. The standard InChI is InChI=1S/C19H21N3O5S/c20-28(25,26)17-8-4-5-15(12-17)22-13-14(11-18(22)23)19(24)21-9-10-27-16-6-2-1-3-7-16/h1-8,12,14H,9-11,13H2,(H,21,24)(H2,20,25,26). The number of carbonyl (C=O) groups is 2. The fourth-order valence-electron chi connectivity index (χ4n) is 2.97. The fourth-order valence-corrected chi connectivity index (χ4v) is 3.52. The molecule has 0 bridgehead atoms. The molecule has 3 N–H and O–H groups in total. The summed E-state index contributed by atoms with van der Waals surface area (Å²) in [6.45, 7) is 0.814. The molecule has 1 unspecified atom stereocenters. The third-order valence-corrected chi connectivity index (χ3v) is 5.28. The molecule has 1 aliphatic rings. The molecule has 1 saturated heterocycles. The van der Waals surface area contributed by atoms with Gasteiger partial charge < -0.3 is 15.0 Å². The Kier molecular flexibility index (Phi) is 5.96. The molecule has 1 aliphatic heterocycles. The van der Waals surface area contributed by atoms with Crippen LogP contribution in [0.4, 0.5) is 5.69 Å². The van der Waals surface area contributed by atoms with Crippen molar-refractivity contribution < 1.29 is 22.7 Å². The Balaban J connectivity index is 1.54. The van der Waals surface area contributed by atoms with Crippen LogP contribution >= 0.6 is 0 Å². The summed E-state index contributed by atoms with van der Waals surface area (Å²) in [7, 11) is -3.87. The van der Waals surface area contributed by atoms with Gasteiger partial charge in [0, 0.05) is 18.7 Å². The van der Waals surface area contributed by atoms with E-state index in [0.717, 1.165) is 0 Å². The number of anilines is 1. The van der Waals surface area contributed by atoms with Crippen LogP contribution in [0, 0.1) is 5.92 Å². The Hall–Kier alpha value is -2.91.